The normalized spacial score (nSPS) is 10.2. The average molecular weight is 412 g/mol. The van der Waals surface area contributed by atoms with Gasteiger partial charge in [0.05, 0.1) is 15.1 Å². The van der Waals surface area contributed by atoms with Crippen molar-refractivity contribution in [3.05, 3.63) is 54.7 Å². The molecule has 0 saturated heterocycles. The molecule has 2 aromatic carbocycles. The summed E-state index contributed by atoms with van der Waals surface area (Å²) in [7, 11) is 0. The van der Waals surface area contributed by atoms with Crippen LogP contribution >= 0.6 is 46.4 Å². The Morgan fingerprint density at radius 1 is 0.792 bits per heavy atom. The van der Waals surface area contributed by atoms with E-state index in [0.29, 0.717) is 0 Å². The fourth-order valence-electron chi connectivity index (χ4n) is 1.67. The molecule has 0 amide bonds. The molecule has 3 nitrogen and oxygen atoms in total. The summed E-state index contributed by atoms with van der Waals surface area (Å²) >= 11 is 23.1. The molecule has 0 aromatic heterocycles. The zero-order chi connectivity index (χ0) is 18.2. The summed E-state index contributed by atoms with van der Waals surface area (Å²) in [6.07, 6.45) is 0. The van der Waals surface area contributed by atoms with Crippen LogP contribution in [0.4, 0.5) is 13.2 Å². The van der Waals surface area contributed by atoms with Crippen molar-refractivity contribution in [3.8, 4) is 23.6 Å². The predicted molar refractivity (Wildman–Crippen MR) is 82.3 cm³/mol. The maximum absolute atomic E-state index is 14.2. The van der Waals surface area contributed by atoms with Gasteiger partial charge < -0.3 is 4.74 Å². The summed E-state index contributed by atoms with van der Waals surface area (Å²) in [6.45, 7) is 0. The first kappa shape index (κ1) is 18.5. The van der Waals surface area contributed by atoms with Crippen LogP contribution < -0.4 is 4.74 Å². The lowest BCUT2D eigenvalue weighted by atomic mass is 10.1. The molecule has 0 aliphatic carbocycles. The third-order valence-electron chi connectivity index (χ3n) is 2.79. The molecule has 0 atom stereocenters. The van der Waals surface area contributed by atoms with Gasteiger partial charge in [0.15, 0.2) is 11.6 Å². The van der Waals surface area contributed by atoms with Crippen molar-refractivity contribution < 1.29 is 17.9 Å². The highest BCUT2D eigenvalue weighted by Crippen LogP contribution is 2.44. The van der Waals surface area contributed by atoms with Gasteiger partial charge in [0.1, 0.15) is 34.0 Å². The Hall–Kier alpha value is -1.83. The lowest BCUT2D eigenvalue weighted by Gasteiger charge is -2.13. The number of hydrogen-bond donors (Lipinski definition) is 0. The van der Waals surface area contributed by atoms with Crippen LogP contribution in [-0.4, -0.2) is 0 Å². The van der Waals surface area contributed by atoms with E-state index in [2.05, 4.69) is 0 Å². The second-order valence-electron chi connectivity index (χ2n) is 4.15. The fourth-order valence-corrected chi connectivity index (χ4v) is 2.50. The van der Waals surface area contributed by atoms with Gasteiger partial charge in [-0.25, -0.2) is 8.78 Å². The minimum Gasteiger partial charge on any atom is -0.449 e. The zero-order valence-electron chi connectivity index (χ0n) is 11.0. The Morgan fingerprint density at radius 3 is 1.88 bits per heavy atom. The van der Waals surface area contributed by atoms with Crippen LogP contribution in [0.2, 0.25) is 20.1 Å². The molecule has 0 N–H and O–H groups in total. The highest BCUT2D eigenvalue weighted by molar-refractivity contribution is 6.52. The topological polar surface area (TPSA) is 56.8 Å². The van der Waals surface area contributed by atoms with Gasteiger partial charge in [-0.15, -0.1) is 0 Å². The van der Waals surface area contributed by atoms with Gasteiger partial charge in [0, 0.05) is 6.07 Å². The number of benzene rings is 2. The molecule has 2 aromatic rings. The lowest BCUT2D eigenvalue weighted by molar-refractivity contribution is 0.385. The van der Waals surface area contributed by atoms with Gasteiger partial charge >= 0.3 is 0 Å². The minimum absolute atomic E-state index is 0.125. The van der Waals surface area contributed by atoms with Crippen LogP contribution in [0.25, 0.3) is 0 Å². The number of ether oxygens (including phenoxy) is 1. The first-order valence-electron chi connectivity index (χ1n) is 5.76. The molecule has 10 heteroatoms. The Bertz CT molecular complexity index is 951. The summed E-state index contributed by atoms with van der Waals surface area (Å²) in [6, 6.07) is 3.47. The molecule has 0 unspecified atom stereocenters. The number of halogens is 7. The summed E-state index contributed by atoms with van der Waals surface area (Å²) < 4.78 is 46.9. The molecule has 0 bridgehead atoms. The quantitative estimate of drug-likeness (QED) is 0.433. The van der Waals surface area contributed by atoms with Crippen LogP contribution in [0.15, 0.2) is 6.07 Å². The van der Waals surface area contributed by atoms with Crippen LogP contribution in [-0.2, 0) is 0 Å². The highest BCUT2D eigenvalue weighted by Gasteiger charge is 2.28. The van der Waals surface area contributed by atoms with Crippen molar-refractivity contribution in [3.63, 3.8) is 0 Å². The van der Waals surface area contributed by atoms with Gasteiger partial charge in [-0.2, -0.15) is 14.9 Å². The van der Waals surface area contributed by atoms with Crippen LogP contribution in [0.1, 0.15) is 11.1 Å². The number of nitrogens with zero attached hydrogens (tertiary/aromatic N) is 2. The smallest absolute Gasteiger partial charge is 0.205 e. The van der Waals surface area contributed by atoms with E-state index in [9.17, 15) is 13.2 Å². The monoisotopic (exact) mass is 410 g/mol. The van der Waals surface area contributed by atoms with E-state index in [1.807, 2.05) is 0 Å². The van der Waals surface area contributed by atoms with Crippen LogP contribution in [0, 0.1) is 40.1 Å². The molecular weight excluding hydrogens is 411 g/mol. The zero-order valence-corrected chi connectivity index (χ0v) is 14.0. The molecular formula is C14HCl4F3N2O. The van der Waals surface area contributed by atoms with Crippen molar-refractivity contribution in [2.24, 2.45) is 0 Å². The molecule has 0 fully saturated rings. The third kappa shape index (κ3) is 2.94. The van der Waals surface area contributed by atoms with Crippen LogP contribution in [0.3, 0.4) is 0 Å². The summed E-state index contributed by atoms with van der Waals surface area (Å²) in [5, 5.41) is 16.7. The Labute approximate surface area is 153 Å². The van der Waals surface area contributed by atoms with E-state index in [4.69, 9.17) is 61.7 Å². The van der Waals surface area contributed by atoms with E-state index >= 15 is 0 Å². The molecule has 0 radical (unpaired) electrons. The van der Waals surface area contributed by atoms with Gasteiger partial charge in [-0.3, -0.25) is 0 Å². The van der Waals surface area contributed by atoms with Crippen molar-refractivity contribution in [2.45, 2.75) is 0 Å². The molecule has 0 heterocycles. The maximum atomic E-state index is 14.2. The Balaban J connectivity index is 2.72. The first-order chi connectivity index (χ1) is 11.2. The van der Waals surface area contributed by atoms with Crippen molar-refractivity contribution in [1.82, 2.24) is 0 Å². The molecule has 24 heavy (non-hydrogen) atoms. The second-order valence-corrected chi connectivity index (χ2v) is 5.69. The number of rotatable bonds is 2. The maximum Gasteiger partial charge on any atom is 0.205 e. The molecule has 0 spiro atoms. The van der Waals surface area contributed by atoms with Gasteiger partial charge in [0.25, 0.3) is 0 Å². The molecule has 0 aliphatic heterocycles. The van der Waals surface area contributed by atoms with Crippen molar-refractivity contribution in [1.29, 1.82) is 10.5 Å². The van der Waals surface area contributed by atoms with E-state index in [1.54, 1.807) is 0 Å². The van der Waals surface area contributed by atoms with Gasteiger partial charge in [-0.05, 0) is 0 Å². The summed E-state index contributed by atoms with van der Waals surface area (Å²) in [4.78, 5) is 0. The predicted octanol–water partition coefficient (Wildman–Crippen LogP) is 6.25. The largest absolute Gasteiger partial charge is 0.449 e. The number of nitriles is 2. The van der Waals surface area contributed by atoms with E-state index < -0.39 is 40.1 Å². The fraction of sp³-hybridized carbons (Fsp3) is 0. The highest BCUT2D eigenvalue weighted by atomic mass is 35.5. The van der Waals surface area contributed by atoms with Gasteiger partial charge in [0.2, 0.25) is 11.6 Å². The average Bonchev–Trinajstić information content (AvgIpc) is 2.56. The van der Waals surface area contributed by atoms with Crippen LogP contribution in [0.5, 0.6) is 11.5 Å². The molecule has 2 rings (SSSR count). The Kier molecular flexibility index (Phi) is 5.37. The third-order valence-corrected chi connectivity index (χ3v) is 4.52. The van der Waals surface area contributed by atoms with Gasteiger partial charge in [-0.1, -0.05) is 46.4 Å². The summed E-state index contributed by atoms with van der Waals surface area (Å²) in [5.74, 6) is -6.85. The SMILES string of the molecule is N#Cc1c(F)c(F)c(Oc2cc(Cl)c(Cl)c(Cl)c2Cl)c(F)c1C#N. The minimum atomic E-state index is -1.82. The molecule has 0 aliphatic rings. The first-order valence-corrected chi connectivity index (χ1v) is 7.27. The molecule has 122 valence electrons. The lowest BCUT2D eigenvalue weighted by Crippen LogP contribution is -2.04. The van der Waals surface area contributed by atoms with E-state index in [0.717, 1.165) is 6.07 Å². The van der Waals surface area contributed by atoms with Crippen molar-refractivity contribution >= 4 is 46.4 Å². The Morgan fingerprint density at radius 2 is 1.33 bits per heavy atom. The second kappa shape index (κ2) is 6.96. The van der Waals surface area contributed by atoms with E-state index in [-0.39, 0.29) is 20.1 Å². The summed E-state index contributed by atoms with van der Waals surface area (Å²) in [5.41, 5.74) is -2.10. The standard InChI is InChI=1S/C14HCl4F3N2O/c15-6-1-7(9(17)10(18)8(6)16)24-14-12(20)5(3-23)4(2-22)11(19)13(14)21/h1H. The van der Waals surface area contributed by atoms with E-state index in [1.165, 1.54) is 12.1 Å². The van der Waals surface area contributed by atoms with Crippen molar-refractivity contribution in [2.75, 3.05) is 0 Å². The molecule has 0 saturated carbocycles. The number of hydrogen-bond acceptors (Lipinski definition) is 3.